The van der Waals surface area contributed by atoms with E-state index >= 15 is 0 Å². The third-order valence-corrected chi connectivity index (χ3v) is 2.78. The zero-order valence-electron chi connectivity index (χ0n) is 9.44. The van der Waals surface area contributed by atoms with Crippen molar-refractivity contribution < 1.29 is 4.79 Å². The number of fused-ring (bicyclic) bond motifs is 1. The van der Waals surface area contributed by atoms with Gasteiger partial charge in [-0.1, -0.05) is 71.7 Å². The van der Waals surface area contributed by atoms with Crippen LogP contribution in [-0.4, -0.2) is 5.78 Å². The number of hydrogen-bond acceptors (Lipinski definition) is 1. The van der Waals surface area contributed by atoms with Crippen LogP contribution in [0.15, 0.2) is 65.2 Å². The Morgan fingerprint density at radius 2 is 1.72 bits per heavy atom. The van der Waals surface area contributed by atoms with Gasteiger partial charge in [-0.25, -0.2) is 0 Å². The molecule has 0 spiro atoms. The summed E-state index contributed by atoms with van der Waals surface area (Å²) in [6.45, 7) is 0. The molecule has 90 valence electrons. The smallest absolute Gasteiger partial charge is 0.186 e. The molecule has 0 aromatic heterocycles. The van der Waals surface area contributed by atoms with E-state index in [1.54, 1.807) is 12.1 Å². The first kappa shape index (κ1) is 12.9. The van der Waals surface area contributed by atoms with E-state index in [0.29, 0.717) is 5.56 Å². The van der Waals surface area contributed by atoms with Crippen LogP contribution in [-0.2, 0) is 0 Å². The van der Waals surface area contributed by atoms with Gasteiger partial charge in [0.25, 0.3) is 0 Å². The third-order valence-electron chi connectivity index (χ3n) is 2.52. The fourth-order valence-corrected chi connectivity index (χ4v) is 1.88. The molecule has 18 heavy (non-hydrogen) atoms. The molecule has 0 saturated carbocycles. The topological polar surface area (TPSA) is 17.1 Å². The molecular formula is C15H10Cl2O. The zero-order valence-corrected chi connectivity index (χ0v) is 10.9. The normalized spacial score (nSPS) is 10.8. The van der Waals surface area contributed by atoms with Crippen LogP contribution in [0.5, 0.6) is 0 Å². The van der Waals surface area contributed by atoms with Crippen molar-refractivity contribution in [3.63, 3.8) is 0 Å². The highest BCUT2D eigenvalue weighted by Gasteiger charge is 2.05. The lowest BCUT2D eigenvalue weighted by molar-refractivity contribution is 0.104. The number of hydrogen-bond donors (Lipinski definition) is 0. The van der Waals surface area contributed by atoms with Gasteiger partial charge in [-0.05, 0) is 22.9 Å². The van der Waals surface area contributed by atoms with Crippen molar-refractivity contribution in [3.05, 3.63) is 70.7 Å². The van der Waals surface area contributed by atoms with Gasteiger partial charge in [0.1, 0.15) is 4.49 Å². The number of benzene rings is 2. The van der Waals surface area contributed by atoms with Crippen LogP contribution in [0.2, 0.25) is 0 Å². The van der Waals surface area contributed by atoms with Gasteiger partial charge in [0.15, 0.2) is 5.78 Å². The molecule has 2 aromatic carbocycles. The number of carbonyl (C=O) groups excluding carboxylic acids is 1. The van der Waals surface area contributed by atoms with Crippen molar-refractivity contribution in [2.45, 2.75) is 0 Å². The molecular weight excluding hydrogens is 267 g/mol. The lowest BCUT2D eigenvalue weighted by atomic mass is 10.0. The maximum absolute atomic E-state index is 12.0. The van der Waals surface area contributed by atoms with Crippen LogP contribution < -0.4 is 0 Å². The lowest BCUT2D eigenvalue weighted by Crippen LogP contribution is -1.95. The quantitative estimate of drug-likeness (QED) is 0.443. The molecule has 0 aliphatic heterocycles. The molecule has 0 bridgehead atoms. The van der Waals surface area contributed by atoms with Gasteiger partial charge in [-0.2, -0.15) is 0 Å². The van der Waals surface area contributed by atoms with Crippen LogP contribution in [0.3, 0.4) is 0 Å². The number of ketones is 1. The van der Waals surface area contributed by atoms with Crippen molar-refractivity contribution in [2.24, 2.45) is 0 Å². The van der Waals surface area contributed by atoms with Crippen LogP contribution >= 0.6 is 23.2 Å². The number of carbonyl (C=O) groups is 1. The van der Waals surface area contributed by atoms with E-state index in [1.807, 2.05) is 36.4 Å². The second-order valence-electron chi connectivity index (χ2n) is 3.71. The van der Waals surface area contributed by atoms with Crippen molar-refractivity contribution >= 4 is 39.8 Å². The Kier molecular flexibility index (Phi) is 4.19. The van der Waals surface area contributed by atoms with E-state index in [-0.39, 0.29) is 10.3 Å². The van der Waals surface area contributed by atoms with Crippen LogP contribution in [0, 0.1) is 0 Å². The summed E-state index contributed by atoms with van der Waals surface area (Å²) in [7, 11) is 0. The molecule has 0 amide bonds. The summed E-state index contributed by atoms with van der Waals surface area (Å²) in [5.41, 5.74) is 0.670. The van der Waals surface area contributed by atoms with Gasteiger partial charge in [0.2, 0.25) is 0 Å². The average molecular weight is 277 g/mol. The molecule has 1 nitrogen and oxygen atoms in total. The summed E-state index contributed by atoms with van der Waals surface area (Å²) < 4.78 is 0.122. The maximum Gasteiger partial charge on any atom is 0.186 e. The number of halogens is 2. The van der Waals surface area contributed by atoms with E-state index in [0.717, 1.165) is 10.8 Å². The summed E-state index contributed by atoms with van der Waals surface area (Å²) >= 11 is 10.9. The summed E-state index contributed by atoms with van der Waals surface area (Å²) in [5.74, 6) is -0.0716. The second kappa shape index (κ2) is 5.85. The van der Waals surface area contributed by atoms with E-state index in [2.05, 4.69) is 0 Å². The summed E-state index contributed by atoms with van der Waals surface area (Å²) in [5, 5.41) is 1.98. The van der Waals surface area contributed by atoms with E-state index in [1.165, 1.54) is 12.2 Å². The number of rotatable bonds is 3. The molecule has 0 saturated heterocycles. The molecule has 3 heteroatoms. The minimum Gasteiger partial charge on any atom is -0.289 e. The second-order valence-corrected chi connectivity index (χ2v) is 4.71. The molecule has 0 aliphatic carbocycles. The molecule has 0 radical (unpaired) electrons. The van der Waals surface area contributed by atoms with E-state index in [9.17, 15) is 4.79 Å². The predicted octanol–water partition coefficient (Wildman–Crippen LogP) is 4.90. The van der Waals surface area contributed by atoms with Gasteiger partial charge in [0.05, 0.1) is 0 Å². The maximum atomic E-state index is 12.0. The Hall–Kier alpha value is -1.57. The summed E-state index contributed by atoms with van der Waals surface area (Å²) in [6.07, 6.45) is 4.46. The van der Waals surface area contributed by atoms with Gasteiger partial charge >= 0.3 is 0 Å². The van der Waals surface area contributed by atoms with Crippen molar-refractivity contribution in [1.29, 1.82) is 0 Å². The largest absolute Gasteiger partial charge is 0.289 e. The van der Waals surface area contributed by atoms with Gasteiger partial charge in [-0.15, -0.1) is 0 Å². The van der Waals surface area contributed by atoms with Gasteiger partial charge in [0, 0.05) is 5.56 Å². The Balaban J connectivity index is 2.39. The average Bonchev–Trinajstić information content (AvgIpc) is 2.37. The lowest BCUT2D eigenvalue weighted by Gasteiger charge is -2.02. The van der Waals surface area contributed by atoms with Crippen molar-refractivity contribution in [1.82, 2.24) is 0 Å². The SMILES string of the molecule is O=C(/C=C/C=C(Cl)Cl)c1cccc2ccccc12. The fraction of sp³-hybridized carbons (Fsp3) is 0. The highest BCUT2D eigenvalue weighted by Crippen LogP contribution is 2.19. The fourth-order valence-electron chi connectivity index (χ4n) is 1.74. The zero-order chi connectivity index (χ0) is 13.0. The summed E-state index contributed by atoms with van der Waals surface area (Å²) in [4.78, 5) is 12.0. The van der Waals surface area contributed by atoms with Crippen molar-refractivity contribution in [2.75, 3.05) is 0 Å². The molecule has 0 heterocycles. The minimum absolute atomic E-state index is 0.0716. The number of allylic oxidation sites excluding steroid dienone is 3. The minimum atomic E-state index is -0.0716. The van der Waals surface area contributed by atoms with E-state index < -0.39 is 0 Å². The van der Waals surface area contributed by atoms with Gasteiger partial charge < -0.3 is 0 Å². The summed E-state index contributed by atoms with van der Waals surface area (Å²) in [6, 6.07) is 13.4. The predicted molar refractivity (Wildman–Crippen MR) is 77.2 cm³/mol. The van der Waals surface area contributed by atoms with Crippen LogP contribution in [0.1, 0.15) is 10.4 Å². The molecule has 0 atom stereocenters. The standard InChI is InChI=1S/C15H10Cl2O/c16-15(17)10-4-9-14(18)13-8-3-6-11-5-1-2-7-12(11)13/h1-10H/b9-4+. The van der Waals surface area contributed by atoms with Crippen LogP contribution in [0.4, 0.5) is 0 Å². The Labute approximate surface area is 115 Å². The molecule has 0 aliphatic rings. The molecule has 2 rings (SSSR count). The van der Waals surface area contributed by atoms with E-state index in [4.69, 9.17) is 23.2 Å². The Morgan fingerprint density at radius 1 is 1.00 bits per heavy atom. The monoisotopic (exact) mass is 276 g/mol. The van der Waals surface area contributed by atoms with Crippen LogP contribution in [0.25, 0.3) is 10.8 Å². The first-order chi connectivity index (χ1) is 8.68. The van der Waals surface area contributed by atoms with Crippen molar-refractivity contribution in [3.8, 4) is 0 Å². The highest BCUT2D eigenvalue weighted by atomic mass is 35.5. The van der Waals surface area contributed by atoms with Gasteiger partial charge in [-0.3, -0.25) is 4.79 Å². The molecule has 0 N–H and O–H groups in total. The third kappa shape index (κ3) is 3.00. The molecule has 0 unspecified atom stereocenters. The first-order valence-corrected chi connectivity index (χ1v) is 6.15. The highest BCUT2D eigenvalue weighted by molar-refractivity contribution is 6.56. The Bertz CT molecular complexity index is 632. The first-order valence-electron chi connectivity index (χ1n) is 5.40. The Morgan fingerprint density at radius 3 is 2.50 bits per heavy atom. The molecule has 2 aromatic rings. The molecule has 0 fully saturated rings.